The molecular formula is C16H19N5O3S. The number of benzene rings is 1. The van der Waals surface area contributed by atoms with Gasteiger partial charge in [0.1, 0.15) is 5.60 Å². The van der Waals surface area contributed by atoms with E-state index in [4.69, 9.17) is 17.0 Å². The Balaban J connectivity index is 1.74. The van der Waals surface area contributed by atoms with Crippen LogP contribution in [0.25, 0.3) is 0 Å². The maximum atomic E-state index is 12.3. The summed E-state index contributed by atoms with van der Waals surface area (Å²) < 4.78 is 8.05. The lowest BCUT2D eigenvalue weighted by molar-refractivity contribution is 0.0624. The van der Waals surface area contributed by atoms with Gasteiger partial charge in [-0.3, -0.25) is 9.89 Å². The zero-order valence-corrected chi connectivity index (χ0v) is 15.0. The Morgan fingerprint density at radius 3 is 2.92 bits per heavy atom. The Hall–Kier alpha value is -2.68. The van der Waals surface area contributed by atoms with Crippen LogP contribution in [-0.2, 0) is 13.6 Å². The van der Waals surface area contributed by atoms with E-state index in [-0.39, 0.29) is 12.3 Å². The highest BCUT2D eigenvalue weighted by molar-refractivity contribution is 7.71. The lowest BCUT2D eigenvalue weighted by atomic mass is 9.92. The smallest absolute Gasteiger partial charge is 0.319 e. The molecule has 8 nitrogen and oxygen atoms in total. The average molecular weight is 361 g/mol. The normalized spacial score (nSPS) is 15.2. The predicted molar refractivity (Wildman–Crippen MR) is 94.3 cm³/mol. The van der Waals surface area contributed by atoms with Gasteiger partial charge in [-0.15, -0.1) is 0 Å². The molecule has 1 aromatic carbocycles. The van der Waals surface area contributed by atoms with Crippen LogP contribution in [0.5, 0.6) is 5.75 Å². The van der Waals surface area contributed by atoms with Crippen LogP contribution in [0.4, 0.5) is 10.5 Å². The van der Waals surface area contributed by atoms with Crippen LogP contribution in [0.15, 0.2) is 18.2 Å². The number of urea groups is 1. The molecule has 0 saturated carbocycles. The lowest BCUT2D eigenvalue weighted by Crippen LogP contribution is -2.37. The Labute approximate surface area is 149 Å². The second kappa shape index (κ2) is 6.32. The highest BCUT2D eigenvalue weighted by Gasteiger charge is 2.34. The van der Waals surface area contributed by atoms with Crippen LogP contribution in [-0.4, -0.2) is 32.2 Å². The van der Waals surface area contributed by atoms with Crippen LogP contribution in [0, 0.1) is 4.77 Å². The molecule has 132 valence electrons. The molecule has 1 aliphatic heterocycles. The number of Topliss-reactive ketones (excluding diaryl/α,β-unsaturated/α-hetero) is 1. The molecule has 0 aliphatic carbocycles. The number of rotatable bonds is 3. The third-order valence-electron chi connectivity index (χ3n) is 3.91. The minimum absolute atomic E-state index is 0.00293. The van der Waals surface area contributed by atoms with Gasteiger partial charge < -0.3 is 19.9 Å². The fraction of sp³-hybridized carbons (Fsp3) is 0.375. The van der Waals surface area contributed by atoms with E-state index >= 15 is 0 Å². The molecule has 2 aromatic rings. The second-order valence-electron chi connectivity index (χ2n) is 6.46. The SMILES string of the molecule is Cn1c(CNC(=O)Nc2cccc3c2OC(C)(C)CC3=O)n[nH]c1=S. The first-order chi connectivity index (χ1) is 11.8. The summed E-state index contributed by atoms with van der Waals surface area (Å²) in [6.07, 6.45) is 0.300. The van der Waals surface area contributed by atoms with Crippen molar-refractivity contribution in [2.24, 2.45) is 7.05 Å². The number of H-pyrrole nitrogens is 1. The maximum absolute atomic E-state index is 12.3. The molecule has 0 radical (unpaired) electrons. The number of carbonyl (C=O) groups excluding carboxylic acids is 2. The van der Waals surface area contributed by atoms with Crippen LogP contribution in [0.3, 0.4) is 0 Å². The quantitative estimate of drug-likeness (QED) is 0.730. The molecule has 1 aromatic heterocycles. The number of nitrogens with one attached hydrogen (secondary N) is 3. The van der Waals surface area contributed by atoms with Gasteiger partial charge in [0.15, 0.2) is 22.1 Å². The topological polar surface area (TPSA) is 101 Å². The number of ketones is 1. The third-order valence-corrected chi connectivity index (χ3v) is 4.27. The van der Waals surface area contributed by atoms with E-state index < -0.39 is 11.6 Å². The average Bonchev–Trinajstić information content (AvgIpc) is 2.84. The summed E-state index contributed by atoms with van der Waals surface area (Å²) in [5.41, 5.74) is 0.319. The van der Waals surface area contributed by atoms with Crippen molar-refractivity contribution < 1.29 is 14.3 Å². The molecule has 0 atom stereocenters. The van der Waals surface area contributed by atoms with Crippen molar-refractivity contribution in [2.75, 3.05) is 5.32 Å². The molecule has 25 heavy (non-hydrogen) atoms. The van der Waals surface area contributed by atoms with Crippen molar-refractivity contribution in [3.05, 3.63) is 34.4 Å². The third kappa shape index (κ3) is 3.55. The number of nitrogens with zero attached hydrogens (tertiary/aromatic N) is 2. The van der Waals surface area contributed by atoms with Crippen molar-refractivity contribution in [2.45, 2.75) is 32.4 Å². The standard InChI is InChI=1S/C16H19N5O3S/c1-16(2)7-11(22)9-5-4-6-10(13(9)24-16)18-14(23)17-8-12-19-20-15(25)21(12)3/h4-6H,7-8H2,1-3H3,(H,20,25)(H2,17,18,23). The van der Waals surface area contributed by atoms with E-state index in [9.17, 15) is 9.59 Å². The maximum Gasteiger partial charge on any atom is 0.319 e. The number of fused-ring (bicyclic) bond motifs is 1. The van der Waals surface area contributed by atoms with Gasteiger partial charge in [-0.1, -0.05) is 6.07 Å². The number of hydrogen-bond acceptors (Lipinski definition) is 5. The molecular weight excluding hydrogens is 342 g/mol. The molecule has 2 amide bonds. The van der Waals surface area contributed by atoms with Gasteiger partial charge in [-0.05, 0) is 38.2 Å². The summed E-state index contributed by atoms with van der Waals surface area (Å²) in [6, 6.07) is 4.68. The first-order valence-corrected chi connectivity index (χ1v) is 8.18. The van der Waals surface area contributed by atoms with Gasteiger partial charge in [0.2, 0.25) is 0 Å². The fourth-order valence-electron chi connectivity index (χ4n) is 2.62. The molecule has 0 saturated heterocycles. The Kier molecular flexibility index (Phi) is 4.34. The second-order valence-corrected chi connectivity index (χ2v) is 6.84. The Bertz CT molecular complexity index is 899. The molecule has 0 unspecified atom stereocenters. The molecule has 1 aliphatic rings. The van der Waals surface area contributed by atoms with Crippen molar-refractivity contribution in [1.82, 2.24) is 20.1 Å². The zero-order valence-electron chi connectivity index (χ0n) is 14.2. The summed E-state index contributed by atoms with van der Waals surface area (Å²) in [7, 11) is 1.76. The van der Waals surface area contributed by atoms with Gasteiger partial charge in [0.05, 0.1) is 24.2 Å². The Morgan fingerprint density at radius 1 is 1.48 bits per heavy atom. The molecule has 0 fully saturated rings. The number of carbonyl (C=O) groups is 2. The first-order valence-electron chi connectivity index (χ1n) is 7.77. The number of hydrogen-bond donors (Lipinski definition) is 3. The first kappa shape index (κ1) is 17.2. The minimum Gasteiger partial charge on any atom is -0.484 e. The van der Waals surface area contributed by atoms with Gasteiger partial charge >= 0.3 is 6.03 Å². The van der Waals surface area contributed by atoms with Gasteiger partial charge in [-0.2, -0.15) is 5.10 Å². The monoisotopic (exact) mass is 361 g/mol. The summed E-state index contributed by atoms with van der Waals surface area (Å²) in [5.74, 6) is 0.997. The summed E-state index contributed by atoms with van der Waals surface area (Å²) >= 11 is 5.03. The molecule has 2 heterocycles. The van der Waals surface area contributed by atoms with E-state index in [1.807, 2.05) is 13.8 Å². The van der Waals surface area contributed by atoms with Crippen molar-refractivity contribution in [1.29, 1.82) is 0 Å². The number of amides is 2. The minimum atomic E-state index is -0.610. The molecule has 3 rings (SSSR count). The van der Waals surface area contributed by atoms with Gasteiger partial charge in [-0.25, -0.2) is 4.79 Å². The Morgan fingerprint density at radius 2 is 2.24 bits per heavy atom. The summed E-state index contributed by atoms with van der Waals surface area (Å²) in [5, 5.41) is 12.1. The van der Waals surface area contributed by atoms with Crippen LogP contribution in [0.2, 0.25) is 0 Å². The lowest BCUT2D eigenvalue weighted by Gasteiger charge is -2.32. The van der Waals surface area contributed by atoms with Crippen LogP contribution >= 0.6 is 12.2 Å². The summed E-state index contributed by atoms with van der Waals surface area (Å²) in [4.78, 5) is 24.5. The number of ether oxygens (including phenoxy) is 1. The highest BCUT2D eigenvalue weighted by atomic mass is 32.1. The largest absolute Gasteiger partial charge is 0.484 e. The van der Waals surface area contributed by atoms with Gasteiger partial charge in [0, 0.05) is 7.05 Å². The molecule has 0 spiro atoms. The summed E-state index contributed by atoms with van der Waals surface area (Å²) in [6.45, 7) is 3.89. The molecule has 9 heteroatoms. The van der Waals surface area contributed by atoms with Crippen molar-refractivity contribution in [3.63, 3.8) is 0 Å². The molecule has 3 N–H and O–H groups in total. The van der Waals surface area contributed by atoms with Crippen molar-refractivity contribution >= 4 is 29.7 Å². The van der Waals surface area contributed by atoms with E-state index in [0.717, 1.165) is 0 Å². The highest BCUT2D eigenvalue weighted by Crippen LogP contribution is 2.38. The van der Waals surface area contributed by atoms with Crippen molar-refractivity contribution in [3.8, 4) is 5.75 Å². The van der Waals surface area contributed by atoms with E-state index in [1.165, 1.54) is 0 Å². The zero-order chi connectivity index (χ0) is 18.2. The van der Waals surface area contributed by atoms with E-state index in [1.54, 1.807) is 29.8 Å². The van der Waals surface area contributed by atoms with Crippen LogP contribution in [0.1, 0.15) is 36.5 Å². The predicted octanol–water partition coefficient (Wildman–Crippen LogP) is 2.54. The molecule has 0 bridgehead atoms. The van der Waals surface area contributed by atoms with E-state index in [0.29, 0.717) is 34.0 Å². The number of aromatic amines is 1. The fourth-order valence-corrected chi connectivity index (χ4v) is 2.77. The number of anilines is 1. The van der Waals surface area contributed by atoms with Gasteiger partial charge in [0.25, 0.3) is 0 Å². The number of aromatic nitrogens is 3. The van der Waals surface area contributed by atoms with E-state index in [2.05, 4.69) is 20.8 Å². The number of para-hydroxylation sites is 1. The van der Waals surface area contributed by atoms with Crippen LogP contribution < -0.4 is 15.4 Å².